The molecule has 4 rings (SSSR count). The van der Waals surface area contributed by atoms with E-state index >= 15 is 0 Å². The molecule has 0 radical (unpaired) electrons. The van der Waals surface area contributed by atoms with Crippen LogP contribution in [0, 0.1) is 0 Å². The summed E-state index contributed by atoms with van der Waals surface area (Å²) >= 11 is 12.0. The van der Waals surface area contributed by atoms with Gasteiger partial charge in [-0.15, -0.1) is 0 Å². The Balaban J connectivity index is 1.85. The molecule has 1 aliphatic heterocycles. The highest BCUT2D eigenvalue weighted by Crippen LogP contribution is 2.47. The van der Waals surface area contributed by atoms with Gasteiger partial charge in [-0.1, -0.05) is 47.5 Å². The van der Waals surface area contributed by atoms with E-state index < -0.39 is 17.9 Å². The fraction of sp³-hybridized carbons (Fsp3) is 0.167. The van der Waals surface area contributed by atoms with Crippen LogP contribution in [0.4, 0.5) is 4.79 Å². The van der Waals surface area contributed by atoms with Crippen LogP contribution >= 0.6 is 23.2 Å². The maximum atomic E-state index is 12.1. The Bertz CT molecular complexity index is 914. The van der Waals surface area contributed by atoms with Crippen LogP contribution in [0.2, 0.25) is 10.0 Å². The molecular weight excluding hydrogens is 377 g/mol. The lowest BCUT2D eigenvalue weighted by Gasteiger charge is -2.31. The van der Waals surface area contributed by atoms with Gasteiger partial charge in [0.05, 0.1) is 6.54 Å². The average Bonchev–Trinajstić information content (AvgIpc) is 3.25. The minimum atomic E-state index is -1.12. The summed E-state index contributed by atoms with van der Waals surface area (Å²) in [5, 5.41) is 5.32. The van der Waals surface area contributed by atoms with Crippen molar-refractivity contribution < 1.29 is 14.3 Å². The van der Waals surface area contributed by atoms with Crippen LogP contribution in [0.25, 0.3) is 0 Å². The first-order valence-corrected chi connectivity index (χ1v) is 8.56. The molecule has 1 fully saturated rings. The molecule has 2 heterocycles. The minimum Gasteiger partial charge on any atom is -0.421 e. The second-order valence-corrected chi connectivity index (χ2v) is 6.76. The highest BCUT2D eigenvalue weighted by Gasteiger charge is 2.54. The molecule has 132 valence electrons. The van der Waals surface area contributed by atoms with E-state index in [4.69, 9.17) is 32.7 Å². The molecule has 8 heteroatoms. The van der Waals surface area contributed by atoms with Crippen molar-refractivity contribution >= 4 is 29.4 Å². The lowest BCUT2D eigenvalue weighted by molar-refractivity contribution is 0.00355. The zero-order chi connectivity index (χ0) is 18.1. The SMILES string of the molecule is O=C1O[C@H](c2ccc(Cl)cc2)[C@@](Cn2cncn2)(c2ccc(Cl)cc2)O1. The fourth-order valence-electron chi connectivity index (χ4n) is 3.10. The molecule has 26 heavy (non-hydrogen) atoms. The number of benzene rings is 2. The summed E-state index contributed by atoms with van der Waals surface area (Å²) in [7, 11) is 0. The molecule has 0 amide bonds. The number of cyclic esters (lactones) is 2. The fourth-order valence-corrected chi connectivity index (χ4v) is 3.35. The first kappa shape index (κ1) is 16.9. The van der Waals surface area contributed by atoms with Gasteiger partial charge in [0, 0.05) is 15.6 Å². The number of nitrogens with zero attached hydrogens (tertiary/aromatic N) is 3. The molecule has 0 unspecified atom stereocenters. The third kappa shape index (κ3) is 3.02. The first-order chi connectivity index (χ1) is 12.6. The van der Waals surface area contributed by atoms with Gasteiger partial charge in [-0.05, 0) is 29.8 Å². The molecule has 0 bridgehead atoms. The van der Waals surface area contributed by atoms with Gasteiger partial charge in [-0.2, -0.15) is 5.10 Å². The number of carbonyl (C=O) groups excluding carboxylic acids is 1. The maximum absolute atomic E-state index is 12.1. The topological polar surface area (TPSA) is 66.2 Å². The number of hydrogen-bond donors (Lipinski definition) is 0. The van der Waals surface area contributed by atoms with Crippen LogP contribution in [-0.4, -0.2) is 20.9 Å². The Morgan fingerprint density at radius 1 is 1.04 bits per heavy atom. The molecule has 0 aliphatic carbocycles. The van der Waals surface area contributed by atoms with Gasteiger partial charge in [0.2, 0.25) is 5.60 Å². The van der Waals surface area contributed by atoms with E-state index in [1.807, 2.05) is 12.1 Å². The summed E-state index contributed by atoms with van der Waals surface area (Å²) < 4.78 is 12.9. The minimum absolute atomic E-state index is 0.230. The summed E-state index contributed by atoms with van der Waals surface area (Å²) in [4.78, 5) is 16.1. The lowest BCUT2D eigenvalue weighted by atomic mass is 9.84. The highest BCUT2D eigenvalue weighted by atomic mass is 35.5. The van der Waals surface area contributed by atoms with Crippen LogP contribution in [0.15, 0.2) is 61.2 Å². The van der Waals surface area contributed by atoms with Gasteiger partial charge < -0.3 is 9.47 Å². The third-order valence-corrected chi connectivity index (χ3v) is 4.78. The first-order valence-electron chi connectivity index (χ1n) is 7.80. The van der Waals surface area contributed by atoms with Gasteiger partial charge in [0.15, 0.2) is 6.10 Å². The summed E-state index contributed by atoms with van der Waals surface area (Å²) in [6.45, 7) is 0.230. The number of rotatable bonds is 4. The molecular formula is C18H13Cl2N3O3. The van der Waals surface area contributed by atoms with E-state index in [1.54, 1.807) is 47.4 Å². The van der Waals surface area contributed by atoms with Crippen molar-refractivity contribution in [2.75, 3.05) is 0 Å². The molecule has 2 atom stereocenters. The molecule has 0 spiro atoms. The van der Waals surface area contributed by atoms with Crippen LogP contribution < -0.4 is 0 Å². The van der Waals surface area contributed by atoms with Gasteiger partial charge in [-0.25, -0.2) is 14.5 Å². The standard InChI is InChI=1S/C18H13Cl2N3O3/c19-14-5-1-12(2-6-14)16-18(26-17(24)25-16,9-23-11-21-10-22-23)13-3-7-15(20)8-4-13/h1-8,10-11,16H,9H2/t16-,18-/m1/s1. The zero-order valence-corrected chi connectivity index (χ0v) is 14.9. The van der Waals surface area contributed by atoms with Gasteiger partial charge in [-0.3, -0.25) is 0 Å². The van der Waals surface area contributed by atoms with Gasteiger partial charge in [0.1, 0.15) is 12.7 Å². The van der Waals surface area contributed by atoms with Crippen LogP contribution in [0.3, 0.4) is 0 Å². The Labute approximate surface area is 159 Å². The van der Waals surface area contributed by atoms with Crippen molar-refractivity contribution in [2.45, 2.75) is 18.2 Å². The van der Waals surface area contributed by atoms with Crippen molar-refractivity contribution in [3.8, 4) is 0 Å². The largest absolute Gasteiger partial charge is 0.510 e. The molecule has 1 saturated heterocycles. The summed E-state index contributed by atoms with van der Waals surface area (Å²) in [5.74, 6) is 0. The smallest absolute Gasteiger partial charge is 0.421 e. The molecule has 0 N–H and O–H groups in total. The molecule has 0 saturated carbocycles. The van der Waals surface area contributed by atoms with Crippen molar-refractivity contribution in [3.63, 3.8) is 0 Å². The quantitative estimate of drug-likeness (QED) is 0.619. The van der Waals surface area contributed by atoms with E-state index in [9.17, 15) is 4.79 Å². The molecule has 1 aromatic heterocycles. The van der Waals surface area contributed by atoms with E-state index in [2.05, 4.69) is 10.1 Å². The Kier molecular flexibility index (Phi) is 4.30. The number of halogens is 2. The summed E-state index contributed by atoms with van der Waals surface area (Å²) in [6.07, 6.45) is 1.55. The average molecular weight is 390 g/mol. The molecule has 3 aromatic rings. The maximum Gasteiger partial charge on any atom is 0.510 e. The predicted octanol–water partition coefficient (Wildman–Crippen LogP) is 4.39. The second-order valence-electron chi connectivity index (χ2n) is 5.89. The van der Waals surface area contributed by atoms with Crippen molar-refractivity contribution in [1.29, 1.82) is 0 Å². The third-order valence-electron chi connectivity index (χ3n) is 4.27. The number of carbonyl (C=O) groups is 1. The van der Waals surface area contributed by atoms with Gasteiger partial charge in [0.25, 0.3) is 0 Å². The Hall–Kier alpha value is -2.57. The van der Waals surface area contributed by atoms with Crippen LogP contribution in [0.1, 0.15) is 17.2 Å². The number of aromatic nitrogens is 3. The monoisotopic (exact) mass is 389 g/mol. The molecule has 6 nitrogen and oxygen atoms in total. The normalized spacial score (nSPS) is 22.1. The van der Waals surface area contributed by atoms with Crippen molar-refractivity contribution in [2.24, 2.45) is 0 Å². The number of ether oxygens (including phenoxy) is 2. The summed E-state index contributed by atoms with van der Waals surface area (Å²) in [5.41, 5.74) is 0.377. The number of hydrogen-bond acceptors (Lipinski definition) is 5. The Morgan fingerprint density at radius 2 is 1.69 bits per heavy atom. The van der Waals surface area contributed by atoms with E-state index in [1.165, 1.54) is 6.33 Å². The second kappa shape index (κ2) is 6.63. The van der Waals surface area contributed by atoms with E-state index in [0.717, 1.165) is 11.1 Å². The highest BCUT2D eigenvalue weighted by molar-refractivity contribution is 6.30. The zero-order valence-electron chi connectivity index (χ0n) is 13.4. The van der Waals surface area contributed by atoms with Crippen LogP contribution in [0.5, 0.6) is 0 Å². The van der Waals surface area contributed by atoms with Crippen LogP contribution in [-0.2, 0) is 21.6 Å². The summed E-state index contributed by atoms with van der Waals surface area (Å²) in [6, 6.07) is 14.2. The van der Waals surface area contributed by atoms with Crippen molar-refractivity contribution in [3.05, 3.63) is 82.4 Å². The van der Waals surface area contributed by atoms with Gasteiger partial charge >= 0.3 is 6.16 Å². The van der Waals surface area contributed by atoms with Crippen molar-refractivity contribution in [1.82, 2.24) is 14.8 Å². The molecule has 2 aromatic carbocycles. The van der Waals surface area contributed by atoms with E-state index in [0.29, 0.717) is 10.0 Å². The predicted molar refractivity (Wildman–Crippen MR) is 94.9 cm³/mol. The Morgan fingerprint density at radius 3 is 2.31 bits per heavy atom. The lowest BCUT2D eigenvalue weighted by Crippen LogP contribution is -2.37. The molecule has 1 aliphatic rings. The van der Waals surface area contributed by atoms with E-state index in [-0.39, 0.29) is 6.54 Å².